The van der Waals surface area contributed by atoms with Crippen LogP contribution >= 0.6 is 15.9 Å². The topological polar surface area (TPSA) is 17.1 Å². The second kappa shape index (κ2) is 4.56. The number of carbonyl (C=O) groups is 1. The molecule has 0 radical (unpaired) electrons. The highest BCUT2D eigenvalue weighted by Crippen LogP contribution is 2.21. The number of halogens is 1. The van der Waals surface area contributed by atoms with Gasteiger partial charge in [-0.25, -0.2) is 0 Å². The van der Waals surface area contributed by atoms with Crippen molar-refractivity contribution in [2.24, 2.45) is 0 Å². The smallest absolute Gasteiger partial charge is 0.134 e. The zero-order valence-corrected chi connectivity index (χ0v) is 9.52. The first-order valence-corrected chi connectivity index (χ1v) is 5.20. The van der Waals surface area contributed by atoms with Crippen LogP contribution in [0, 0.1) is 0 Å². The molecule has 0 N–H and O–H groups in total. The molecule has 0 fully saturated rings. The lowest BCUT2D eigenvalue weighted by Crippen LogP contribution is -2.01. The molecule has 0 bridgehead atoms. The predicted molar refractivity (Wildman–Crippen MR) is 57.9 cm³/mol. The molecule has 0 unspecified atom stereocenters. The standard InChI is InChI=1S/C11H13BrO/c1-3-9-5-4-6-11(12)10(9)7-8(2)13/h4-6H,3,7H2,1-2H3. The van der Waals surface area contributed by atoms with Crippen LogP contribution in [0.15, 0.2) is 22.7 Å². The summed E-state index contributed by atoms with van der Waals surface area (Å²) in [5.74, 6) is 0.210. The molecule has 0 aliphatic rings. The highest BCUT2D eigenvalue weighted by Gasteiger charge is 2.06. The lowest BCUT2D eigenvalue weighted by Gasteiger charge is -2.07. The number of Topliss-reactive ketones (excluding diaryl/α,β-unsaturated/α-hetero) is 1. The van der Waals surface area contributed by atoms with Gasteiger partial charge >= 0.3 is 0 Å². The molecule has 0 aliphatic carbocycles. The Bertz CT molecular complexity index is 318. The molecule has 0 atom stereocenters. The van der Waals surface area contributed by atoms with Crippen molar-refractivity contribution in [2.45, 2.75) is 26.7 Å². The normalized spacial score (nSPS) is 10.1. The Morgan fingerprint density at radius 2 is 2.15 bits per heavy atom. The Morgan fingerprint density at radius 3 is 2.69 bits per heavy atom. The molecular formula is C11H13BrO. The monoisotopic (exact) mass is 240 g/mol. The Labute approximate surface area is 87.3 Å². The van der Waals surface area contributed by atoms with E-state index in [4.69, 9.17) is 0 Å². The van der Waals surface area contributed by atoms with Gasteiger partial charge in [0.05, 0.1) is 0 Å². The van der Waals surface area contributed by atoms with Crippen LogP contribution < -0.4 is 0 Å². The summed E-state index contributed by atoms with van der Waals surface area (Å²) in [6.45, 7) is 3.73. The van der Waals surface area contributed by atoms with Gasteiger partial charge in [0.15, 0.2) is 0 Å². The van der Waals surface area contributed by atoms with E-state index in [1.807, 2.05) is 12.1 Å². The summed E-state index contributed by atoms with van der Waals surface area (Å²) in [5, 5.41) is 0. The molecular weight excluding hydrogens is 228 g/mol. The molecule has 2 heteroatoms. The fourth-order valence-corrected chi connectivity index (χ4v) is 1.93. The largest absolute Gasteiger partial charge is 0.300 e. The van der Waals surface area contributed by atoms with Crippen LogP contribution in [0.25, 0.3) is 0 Å². The average molecular weight is 241 g/mol. The van der Waals surface area contributed by atoms with Crippen LogP contribution in [0.5, 0.6) is 0 Å². The third-order valence-electron chi connectivity index (χ3n) is 2.02. The maximum Gasteiger partial charge on any atom is 0.134 e. The van der Waals surface area contributed by atoms with E-state index in [2.05, 4.69) is 28.9 Å². The lowest BCUT2D eigenvalue weighted by atomic mass is 10.0. The predicted octanol–water partition coefficient (Wildman–Crippen LogP) is 3.14. The molecule has 0 heterocycles. The highest BCUT2D eigenvalue weighted by molar-refractivity contribution is 9.10. The van der Waals surface area contributed by atoms with E-state index in [9.17, 15) is 4.79 Å². The zero-order valence-electron chi connectivity index (χ0n) is 7.93. The van der Waals surface area contributed by atoms with Gasteiger partial charge in [0, 0.05) is 10.9 Å². The van der Waals surface area contributed by atoms with E-state index in [1.165, 1.54) is 5.56 Å². The molecule has 1 nitrogen and oxygen atoms in total. The number of benzene rings is 1. The van der Waals surface area contributed by atoms with Crippen molar-refractivity contribution in [2.75, 3.05) is 0 Å². The maximum atomic E-state index is 11.0. The molecule has 1 aromatic rings. The average Bonchev–Trinajstić information content (AvgIpc) is 2.08. The van der Waals surface area contributed by atoms with Gasteiger partial charge in [-0.3, -0.25) is 4.79 Å². The van der Waals surface area contributed by atoms with Crippen molar-refractivity contribution in [1.82, 2.24) is 0 Å². The van der Waals surface area contributed by atoms with Gasteiger partial charge in [-0.15, -0.1) is 0 Å². The van der Waals surface area contributed by atoms with Gasteiger partial charge in [-0.1, -0.05) is 35.0 Å². The van der Waals surface area contributed by atoms with Crippen LogP contribution in [0.1, 0.15) is 25.0 Å². The van der Waals surface area contributed by atoms with E-state index in [0.29, 0.717) is 6.42 Å². The molecule has 1 rings (SSSR count). The fourth-order valence-electron chi connectivity index (χ4n) is 1.38. The Morgan fingerprint density at radius 1 is 1.46 bits per heavy atom. The Hall–Kier alpha value is -0.630. The van der Waals surface area contributed by atoms with Crippen molar-refractivity contribution < 1.29 is 4.79 Å². The Balaban J connectivity index is 3.07. The van der Waals surface area contributed by atoms with Gasteiger partial charge in [0.25, 0.3) is 0 Å². The number of ketones is 1. The third-order valence-corrected chi connectivity index (χ3v) is 2.77. The van der Waals surface area contributed by atoms with Crippen molar-refractivity contribution in [3.05, 3.63) is 33.8 Å². The van der Waals surface area contributed by atoms with Crippen molar-refractivity contribution in [3.8, 4) is 0 Å². The molecule has 0 aliphatic heterocycles. The van der Waals surface area contributed by atoms with Crippen molar-refractivity contribution in [1.29, 1.82) is 0 Å². The van der Waals surface area contributed by atoms with E-state index >= 15 is 0 Å². The van der Waals surface area contributed by atoms with Crippen molar-refractivity contribution in [3.63, 3.8) is 0 Å². The summed E-state index contributed by atoms with van der Waals surface area (Å²) in [6.07, 6.45) is 1.51. The fraction of sp³-hybridized carbons (Fsp3) is 0.364. The zero-order chi connectivity index (χ0) is 9.84. The number of carbonyl (C=O) groups excluding carboxylic acids is 1. The van der Waals surface area contributed by atoms with Crippen LogP contribution in [-0.4, -0.2) is 5.78 Å². The van der Waals surface area contributed by atoms with E-state index in [0.717, 1.165) is 16.5 Å². The van der Waals surface area contributed by atoms with Gasteiger partial charge in [-0.05, 0) is 30.5 Å². The summed E-state index contributed by atoms with van der Waals surface area (Å²) in [5.41, 5.74) is 2.39. The molecule has 0 amide bonds. The second-order valence-electron chi connectivity index (χ2n) is 3.11. The minimum atomic E-state index is 0.210. The maximum absolute atomic E-state index is 11.0. The van der Waals surface area contributed by atoms with Crippen LogP contribution in [0.3, 0.4) is 0 Å². The van der Waals surface area contributed by atoms with Gasteiger partial charge in [-0.2, -0.15) is 0 Å². The second-order valence-corrected chi connectivity index (χ2v) is 3.96. The van der Waals surface area contributed by atoms with Crippen LogP contribution in [-0.2, 0) is 17.6 Å². The summed E-state index contributed by atoms with van der Waals surface area (Å²) < 4.78 is 1.04. The van der Waals surface area contributed by atoms with E-state index < -0.39 is 0 Å². The quantitative estimate of drug-likeness (QED) is 0.794. The Kier molecular flexibility index (Phi) is 3.67. The minimum Gasteiger partial charge on any atom is -0.300 e. The van der Waals surface area contributed by atoms with Gasteiger partial charge < -0.3 is 0 Å². The SMILES string of the molecule is CCc1cccc(Br)c1CC(C)=O. The first-order valence-electron chi connectivity index (χ1n) is 4.40. The third kappa shape index (κ3) is 2.66. The number of aryl methyl sites for hydroxylation is 1. The molecule has 0 saturated heterocycles. The van der Waals surface area contributed by atoms with Crippen LogP contribution in [0.4, 0.5) is 0 Å². The van der Waals surface area contributed by atoms with Gasteiger partial charge in [0.2, 0.25) is 0 Å². The minimum absolute atomic E-state index is 0.210. The summed E-state index contributed by atoms with van der Waals surface area (Å²) in [4.78, 5) is 11.0. The first-order chi connectivity index (χ1) is 6.15. The summed E-state index contributed by atoms with van der Waals surface area (Å²) in [6, 6.07) is 6.06. The lowest BCUT2D eigenvalue weighted by molar-refractivity contribution is -0.116. The molecule has 0 aromatic heterocycles. The molecule has 13 heavy (non-hydrogen) atoms. The van der Waals surface area contributed by atoms with Crippen LogP contribution in [0.2, 0.25) is 0 Å². The number of hydrogen-bond donors (Lipinski definition) is 0. The summed E-state index contributed by atoms with van der Waals surface area (Å²) >= 11 is 3.46. The van der Waals surface area contributed by atoms with E-state index in [-0.39, 0.29) is 5.78 Å². The highest BCUT2D eigenvalue weighted by atomic mass is 79.9. The molecule has 0 saturated carbocycles. The molecule has 70 valence electrons. The number of hydrogen-bond acceptors (Lipinski definition) is 1. The first kappa shape index (κ1) is 10.5. The number of rotatable bonds is 3. The van der Waals surface area contributed by atoms with Crippen molar-refractivity contribution >= 4 is 21.7 Å². The molecule has 0 spiro atoms. The summed E-state index contributed by atoms with van der Waals surface area (Å²) in [7, 11) is 0. The molecule has 1 aromatic carbocycles. The van der Waals surface area contributed by atoms with Gasteiger partial charge in [0.1, 0.15) is 5.78 Å². The van der Waals surface area contributed by atoms with E-state index in [1.54, 1.807) is 6.92 Å².